The summed E-state index contributed by atoms with van der Waals surface area (Å²) in [6, 6.07) is 8.36. The van der Waals surface area contributed by atoms with E-state index in [4.69, 9.17) is 4.74 Å². The van der Waals surface area contributed by atoms with Crippen molar-refractivity contribution in [3.63, 3.8) is 0 Å². The van der Waals surface area contributed by atoms with Crippen LogP contribution in [0.25, 0.3) is 0 Å². The van der Waals surface area contributed by atoms with Crippen molar-refractivity contribution in [2.75, 3.05) is 19.4 Å². The lowest BCUT2D eigenvalue weighted by atomic mass is 9.84. The van der Waals surface area contributed by atoms with Crippen LogP contribution in [0.1, 0.15) is 31.7 Å². The van der Waals surface area contributed by atoms with Gasteiger partial charge in [0, 0.05) is 17.8 Å². The Bertz CT molecular complexity index is 371. The van der Waals surface area contributed by atoms with Gasteiger partial charge in [-0.2, -0.15) is 11.8 Å². The molecule has 2 nitrogen and oxygen atoms in total. The van der Waals surface area contributed by atoms with Gasteiger partial charge in [-0.3, -0.25) is 0 Å². The second-order valence-corrected chi connectivity index (χ2v) is 6.20. The zero-order chi connectivity index (χ0) is 12.8. The van der Waals surface area contributed by atoms with E-state index >= 15 is 0 Å². The quantitative estimate of drug-likeness (QED) is 0.816. The molecular weight excluding hydrogens is 242 g/mol. The van der Waals surface area contributed by atoms with E-state index in [0.29, 0.717) is 4.75 Å². The molecule has 0 spiro atoms. The van der Waals surface area contributed by atoms with E-state index in [1.165, 1.54) is 24.8 Å². The highest BCUT2D eigenvalue weighted by molar-refractivity contribution is 8.00. The zero-order valence-electron chi connectivity index (χ0n) is 11.4. The van der Waals surface area contributed by atoms with Gasteiger partial charge in [0.1, 0.15) is 5.75 Å². The van der Waals surface area contributed by atoms with E-state index in [1.807, 2.05) is 24.8 Å². The molecule has 0 unspecified atom stereocenters. The van der Waals surface area contributed by atoms with Crippen LogP contribution in [-0.2, 0) is 6.54 Å². The maximum atomic E-state index is 5.52. The molecule has 1 fully saturated rings. The highest BCUT2D eigenvalue weighted by Crippen LogP contribution is 2.42. The molecule has 0 radical (unpaired) electrons. The van der Waals surface area contributed by atoms with Crippen molar-refractivity contribution in [3.05, 3.63) is 29.8 Å². The molecule has 0 bridgehead atoms. The van der Waals surface area contributed by atoms with Crippen molar-refractivity contribution in [2.45, 2.75) is 37.5 Å². The van der Waals surface area contributed by atoms with Crippen LogP contribution in [-0.4, -0.2) is 24.2 Å². The first-order valence-corrected chi connectivity index (χ1v) is 7.98. The fourth-order valence-corrected chi connectivity index (χ4v) is 3.31. The van der Waals surface area contributed by atoms with Crippen molar-refractivity contribution in [3.8, 4) is 5.75 Å². The first-order valence-electron chi connectivity index (χ1n) is 6.75. The standard InChI is InChI=1S/C15H23NOS/c1-3-17-14-7-4-6-13(10-14)11-16-12-15(18-2)8-5-9-15/h4,6-7,10,16H,3,5,8-9,11-12H2,1-2H3. The van der Waals surface area contributed by atoms with Gasteiger partial charge in [0.2, 0.25) is 0 Å². The Labute approximate surface area is 114 Å². The molecule has 0 aliphatic heterocycles. The molecule has 1 N–H and O–H groups in total. The van der Waals surface area contributed by atoms with Gasteiger partial charge in [0.05, 0.1) is 6.61 Å². The normalized spacial score (nSPS) is 17.2. The maximum absolute atomic E-state index is 5.52. The number of benzene rings is 1. The maximum Gasteiger partial charge on any atom is 0.119 e. The summed E-state index contributed by atoms with van der Waals surface area (Å²) in [4.78, 5) is 0. The van der Waals surface area contributed by atoms with E-state index in [0.717, 1.165) is 25.4 Å². The minimum Gasteiger partial charge on any atom is -0.494 e. The number of nitrogens with one attached hydrogen (secondary N) is 1. The highest BCUT2D eigenvalue weighted by Gasteiger charge is 2.35. The van der Waals surface area contributed by atoms with E-state index in [1.54, 1.807) is 0 Å². The summed E-state index contributed by atoms with van der Waals surface area (Å²) in [5.41, 5.74) is 1.30. The lowest BCUT2D eigenvalue weighted by Gasteiger charge is -2.40. The summed E-state index contributed by atoms with van der Waals surface area (Å²) >= 11 is 2.02. The topological polar surface area (TPSA) is 21.3 Å². The van der Waals surface area contributed by atoms with Crippen LogP contribution >= 0.6 is 11.8 Å². The fourth-order valence-electron chi connectivity index (χ4n) is 2.37. The van der Waals surface area contributed by atoms with Gasteiger partial charge in [-0.15, -0.1) is 0 Å². The Morgan fingerprint density at radius 2 is 2.22 bits per heavy atom. The molecule has 1 aliphatic rings. The van der Waals surface area contributed by atoms with Crippen LogP contribution in [0.4, 0.5) is 0 Å². The summed E-state index contributed by atoms with van der Waals surface area (Å²) in [5.74, 6) is 0.972. The van der Waals surface area contributed by atoms with Crippen molar-refractivity contribution < 1.29 is 4.74 Å². The van der Waals surface area contributed by atoms with Crippen molar-refractivity contribution in [1.82, 2.24) is 5.32 Å². The van der Waals surface area contributed by atoms with Gasteiger partial charge >= 0.3 is 0 Å². The largest absolute Gasteiger partial charge is 0.494 e. The van der Waals surface area contributed by atoms with Crippen LogP contribution in [0.5, 0.6) is 5.75 Å². The van der Waals surface area contributed by atoms with Crippen LogP contribution in [0.15, 0.2) is 24.3 Å². The van der Waals surface area contributed by atoms with Crippen molar-refractivity contribution in [2.24, 2.45) is 0 Å². The summed E-state index contributed by atoms with van der Waals surface area (Å²) in [6.45, 7) is 4.80. The zero-order valence-corrected chi connectivity index (χ0v) is 12.2. The fraction of sp³-hybridized carbons (Fsp3) is 0.600. The molecule has 1 aromatic carbocycles. The van der Waals surface area contributed by atoms with Gasteiger partial charge in [-0.05, 0) is 43.7 Å². The number of rotatable bonds is 7. The number of hydrogen-bond donors (Lipinski definition) is 1. The second-order valence-electron chi connectivity index (χ2n) is 4.92. The van der Waals surface area contributed by atoms with Crippen molar-refractivity contribution >= 4 is 11.8 Å². The Hall–Kier alpha value is -0.670. The Morgan fingerprint density at radius 3 is 2.83 bits per heavy atom. The molecule has 0 heterocycles. The third kappa shape index (κ3) is 3.42. The van der Waals surface area contributed by atoms with E-state index in [-0.39, 0.29) is 0 Å². The third-order valence-electron chi connectivity index (χ3n) is 3.68. The van der Waals surface area contributed by atoms with Crippen LogP contribution < -0.4 is 10.1 Å². The van der Waals surface area contributed by atoms with Gasteiger partial charge < -0.3 is 10.1 Å². The molecule has 1 aliphatic carbocycles. The molecule has 18 heavy (non-hydrogen) atoms. The minimum absolute atomic E-state index is 0.511. The molecular formula is C15H23NOS. The first kappa shape index (κ1) is 13.8. The SMILES string of the molecule is CCOc1cccc(CNCC2(SC)CCC2)c1. The lowest BCUT2D eigenvalue weighted by Crippen LogP contribution is -2.43. The molecule has 3 heteroatoms. The average molecular weight is 265 g/mol. The van der Waals surface area contributed by atoms with E-state index < -0.39 is 0 Å². The first-order chi connectivity index (χ1) is 8.78. The van der Waals surface area contributed by atoms with Crippen LogP contribution in [0, 0.1) is 0 Å². The molecule has 1 aromatic rings. The number of ether oxygens (including phenoxy) is 1. The minimum atomic E-state index is 0.511. The third-order valence-corrected chi connectivity index (χ3v) is 5.10. The lowest BCUT2D eigenvalue weighted by molar-refractivity contribution is 0.338. The molecule has 1 saturated carbocycles. The highest BCUT2D eigenvalue weighted by atomic mass is 32.2. The average Bonchev–Trinajstić information content (AvgIpc) is 2.34. The van der Waals surface area contributed by atoms with Gasteiger partial charge in [0.15, 0.2) is 0 Å². The number of hydrogen-bond acceptors (Lipinski definition) is 3. The Kier molecular flexibility index (Phi) is 4.95. The smallest absolute Gasteiger partial charge is 0.119 e. The number of thioether (sulfide) groups is 1. The van der Waals surface area contributed by atoms with Crippen LogP contribution in [0.2, 0.25) is 0 Å². The summed E-state index contributed by atoms with van der Waals surface area (Å²) in [5, 5.41) is 3.59. The molecule has 0 aromatic heterocycles. The molecule has 100 valence electrons. The molecule has 0 saturated heterocycles. The van der Waals surface area contributed by atoms with E-state index in [9.17, 15) is 0 Å². The van der Waals surface area contributed by atoms with Crippen LogP contribution in [0.3, 0.4) is 0 Å². The van der Waals surface area contributed by atoms with Gasteiger partial charge in [0.25, 0.3) is 0 Å². The monoisotopic (exact) mass is 265 g/mol. The summed E-state index contributed by atoms with van der Waals surface area (Å²) in [7, 11) is 0. The predicted molar refractivity (Wildman–Crippen MR) is 79.4 cm³/mol. The molecule has 2 rings (SSSR count). The Morgan fingerprint density at radius 1 is 1.39 bits per heavy atom. The second kappa shape index (κ2) is 6.48. The van der Waals surface area contributed by atoms with Crippen molar-refractivity contribution in [1.29, 1.82) is 0 Å². The summed E-state index contributed by atoms with van der Waals surface area (Å²) < 4.78 is 6.03. The summed E-state index contributed by atoms with van der Waals surface area (Å²) in [6.07, 6.45) is 6.35. The molecule has 0 atom stereocenters. The van der Waals surface area contributed by atoms with E-state index in [2.05, 4.69) is 29.8 Å². The molecule has 0 amide bonds. The predicted octanol–water partition coefficient (Wildman–Crippen LogP) is 3.46. The Balaban J connectivity index is 1.80. The van der Waals surface area contributed by atoms with Gasteiger partial charge in [-0.25, -0.2) is 0 Å². The van der Waals surface area contributed by atoms with Gasteiger partial charge in [-0.1, -0.05) is 18.6 Å².